The summed E-state index contributed by atoms with van der Waals surface area (Å²) in [6, 6.07) is 0. The minimum Gasteiger partial charge on any atom is -0.306 e. The molecule has 0 saturated carbocycles. The van der Waals surface area contributed by atoms with E-state index in [9.17, 15) is 4.79 Å². The van der Waals surface area contributed by atoms with Crippen LogP contribution in [0.3, 0.4) is 0 Å². The molecule has 3 heterocycles. The molecule has 0 atom stereocenters. The third kappa shape index (κ3) is 2.02. The van der Waals surface area contributed by atoms with Crippen LogP contribution in [0.1, 0.15) is 34.8 Å². The van der Waals surface area contributed by atoms with Crippen LogP contribution in [0, 0.1) is 6.92 Å². The zero-order chi connectivity index (χ0) is 15.3. The fourth-order valence-electron chi connectivity index (χ4n) is 3.09. The molecule has 0 unspecified atom stereocenters. The van der Waals surface area contributed by atoms with E-state index in [-0.39, 0.29) is 5.56 Å². The zero-order valence-electron chi connectivity index (χ0n) is 12.5. The Bertz CT molecular complexity index is 961. The number of rotatable bonds is 2. The van der Waals surface area contributed by atoms with Gasteiger partial charge in [0, 0.05) is 12.6 Å². The highest BCUT2D eigenvalue weighted by molar-refractivity contribution is 7.16. The Balaban J connectivity index is 1.76. The van der Waals surface area contributed by atoms with Gasteiger partial charge >= 0.3 is 0 Å². The Morgan fingerprint density at radius 3 is 3.09 bits per heavy atom. The first kappa shape index (κ1) is 13.5. The Kier molecular flexibility index (Phi) is 3.00. The number of hydrogen-bond acceptors (Lipinski definition) is 4. The third-order valence-corrected chi connectivity index (χ3v) is 5.15. The molecular formula is C16H16N4OS. The van der Waals surface area contributed by atoms with Gasteiger partial charge in [-0.05, 0) is 49.3 Å². The summed E-state index contributed by atoms with van der Waals surface area (Å²) in [4.78, 5) is 20.3. The van der Waals surface area contributed by atoms with E-state index in [1.165, 1.54) is 29.0 Å². The number of H-pyrrole nitrogens is 1. The van der Waals surface area contributed by atoms with Gasteiger partial charge in [-0.3, -0.25) is 9.48 Å². The van der Waals surface area contributed by atoms with Gasteiger partial charge in [0.05, 0.1) is 16.8 Å². The maximum Gasteiger partial charge on any atom is 0.260 e. The van der Waals surface area contributed by atoms with Crippen LogP contribution >= 0.6 is 11.3 Å². The number of hydrogen-bond donors (Lipinski definition) is 1. The predicted molar refractivity (Wildman–Crippen MR) is 89.1 cm³/mol. The lowest BCUT2D eigenvalue weighted by Crippen LogP contribution is -2.09. The highest BCUT2D eigenvalue weighted by Gasteiger charge is 2.19. The molecular weight excluding hydrogens is 296 g/mol. The van der Waals surface area contributed by atoms with Crippen LogP contribution in [0.4, 0.5) is 0 Å². The van der Waals surface area contributed by atoms with E-state index in [4.69, 9.17) is 0 Å². The average Bonchev–Trinajstić information content (AvgIpc) is 3.13. The second kappa shape index (κ2) is 4.91. The molecule has 0 aliphatic heterocycles. The van der Waals surface area contributed by atoms with Crippen molar-refractivity contribution in [2.24, 2.45) is 7.05 Å². The number of thiophene rings is 1. The van der Waals surface area contributed by atoms with Crippen molar-refractivity contribution in [1.82, 2.24) is 19.7 Å². The molecule has 0 saturated heterocycles. The third-order valence-electron chi connectivity index (χ3n) is 4.16. The lowest BCUT2D eigenvalue weighted by molar-refractivity contribution is 0.721. The SMILES string of the molecule is Cc1csc2nc(/C=C/c3c4c(nn3C)CCC4)[nH]c(=O)c12. The van der Waals surface area contributed by atoms with Crippen molar-refractivity contribution in [3.05, 3.63) is 44.1 Å². The van der Waals surface area contributed by atoms with Crippen molar-refractivity contribution in [2.45, 2.75) is 26.2 Å². The first-order chi connectivity index (χ1) is 10.6. The Morgan fingerprint density at radius 1 is 1.36 bits per heavy atom. The minimum absolute atomic E-state index is 0.0707. The minimum atomic E-state index is -0.0707. The van der Waals surface area contributed by atoms with E-state index in [1.54, 1.807) is 0 Å². The molecule has 0 radical (unpaired) electrons. The smallest absolute Gasteiger partial charge is 0.260 e. The summed E-state index contributed by atoms with van der Waals surface area (Å²) in [6.45, 7) is 1.93. The summed E-state index contributed by atoms with van der Waals surface area (Å²) in [5.41, 5.74) is 4.55. The van der Waals surface area contributed by atoms with Crippen molar-refractivity contribution in [2.75, 3.05) is 0 Å². The van der Waals surface area contributed by atoms with Gasteiger partial charge in [0.25, 0.3) is 5.56 Å². The molecule has 0 spiro atoms. The maximum absolute atomic E-state index is 12.2. The lowest BCUT2D eigenvalue weighted by atomic mass is 10.2. The highest BCUT2D eigenvalue weighted by atomic mass is 32.1. The van der Waals surface area contributed by atoms with E-state index < -0.39 is 0 Å². The maximum atomic E-state index is 12.2. The Morgan fingerprint density at radius 2 is 2.23 bits per heavy atom. The molecule has 0 aromatic carbocycles. The molecule has 22 heavy (non-hydrogen) atoms. The molecule has 6 heteroatoms. The molecule has 0 fully saturated rings. The van der Waals surface area contributed by atoms with Gasteiger partial charge in [0.2, 0.25) is 0 Å². The summed E-state index contributed by atoms with van der Waals surface area (Å²) in [5, 5.41) is 7.21. The van der Waals surface area contributed by atoms with Crippen LogP contribution in [-0.4, -0.2) is 19.7 Å². The fourth-order valence-corrected chi connectivity index (χ4v) is 4.02. The second-order valence-electron chi connectivity index (χ2n) is 5.67. The van der Waals surface area contributed by atoms with E-state index in [1.807, 2.05) is 36.2 Å². The number of nitrogens with zero attached hydrogens (tertiary/aromatic N) is 3. The molecule has 1 N–H and O–H groups in total. The zero-order valence-corrected chi connectivity index (χ0v) is 13.3. The topological polar surface area (TPSA) is 63.6 Å². The average molecular weight is 312 g/mol. The van der Waals surface area contributed by atoms with Crippen molar-refractivity contribution in [1.29, 1.82) is 0 Å². The molecule has 0 amide bonds. The molecule has 0 bridgehead atoms. The Labute approximate surface area is 131 Å². The molecule has 112 valence electrons. The number of aromatic amines is 1. The Hall–Kier alpha value is -2.21. The van der Waals surface area contributed by atoms with Gasteiger partial charge in [-0.25, -0.2) is 4.98 Å². The normalized spacial score (nSPS) is 14.3. The summed E-state index contributed by atoms with van der Waals surface area (Å²) in [7, 11) is 1.96. The number of aromatic nitrogens is 4. The van der Waals surface area contributed by atoms with E-state index in [0.29, 0.717) is 11.2 Å². The monoisotopic (exact) mass is 312 g/mol. The first-order valence-electron chi connectivity index (χ1n) is 7.34. The molecule has 3 aromatic rings. The first-order valence-corrected chi connectivity index (χ1v) is 8.22. The lowest BCUT2D eigenvalue weighted by Gasteiger charge is -1.99. The van der Waals surface area contributed by atoms with E-state index >= 15 is 0 Å². The highest BCUT2D eigenvalue weighted by Crippen LogP contribution is 2.25. The quantitative estimate of drug-likeness (QED) is 0.791. The number of fused-ring (bicyclic) bond motifs is 2. The fraction of sp³-hybridized carbons (Fsp3) is 0.312. The van der Waals surface area contributed by atoms with Gasteiger partial charge < -0.3 is 4.98 Å². The van der Waals surface area contributed by atoms with Crippen molar-refractivity contribution in [3.63, 3.8) is 0 Å². The molecule has 5 nitrogen and oxygen atoms in total. The van der Waals surface area contributed by atoms with Crippen LogP contribution in [0.2, 0.25) is 0 Å². The largest absolute Gasteiger partial charge is 0.306 e. The van der Waals surface area contributed by atoms with Gasteiger partial charge in [0.15, 0.2) is 0 Å². The number of aryl methyl sites for hydroxylation is 3. The second-order valence-corrected chi connectivity index (χ2v) is 6.53. The number of nitrogens with one attached hydrogen (secondary N) is 1. The van der Waals surface area contributed by atoms with E-state index in [0.717, 1.165) is 28.9 Å². The van der Waals surface area contributed by atoms with Crippen LogP contribution in [0.5, 0.6) is 0 Å². The van der Waals surface area contributed by atoms with Gasteiger partial charge in [-0.1, -0.05) is 0 Å². The molecule has 1 aliphatic rings. The molecule has 3 aromatic heterocycles. The predicted octanol–water partition coefficient (Wildman–Crippen LogP) is 2.69. The summed E-state index contributed by atoms with van der Waals surface area (Å²) in [6.07, 6.45) is 7.19. The van der Waals surface area contributed by atoms with Crippen LogP contribution in [0.15, 0.2) is 10.2 Å². The summed E-state index contributed by atoms with van der Waals surface area (Å²) in [5.74, 6) is 0.590. The van der Waals surface area contributed by atoms with Crippen molar-refractivity contribution >= 4 is 33.7 Å². The standard InChI is InChI=1S/C16H16N4OS/c1-9-8-22-16-14(9)15(21)17-13(18-16)7-6-12-10-4-3-5-11(10)19-20(12)2/h6-8H,3-5H2,1-2H3,(H,17,18,21)/b7-6+. The molecule has 1 aliphatic carbocycles. The molecule has 4 rings (SSSR count). The summed E-state index contributed by atoms with van der Waals surface area (Å²) >= 11 is 1.51. The van der Waals surface area contributed by atoms with Crippen LogP contribution < -0.4 is 5.56 Å². The van der Waals surface area contributed by atoms with Crippen molar-refractivity contribution < 1.29 is 0 Å². The van der Waals surface area contributed by atoms with Crippen LogP contribution in [-0.2, 0) is 19.9 Å². The summed E-state index contributed by atoms with van der Waals surface area (Å²) < 4.78 is 1.91. The van der Waals surface area contributed by atoms with Gasteiger partial charge in [-0.2, -0.15) is 5.10 Å². The van der Waals surface area contributed by atoms with Crippen LogP contribution in [0.25, 0.3) is 22.4 Å². The van der Waals surface area contributed by atoms with Crippen molar-refractivity contribution in [3.8, 4) is 0 Å². The van der Waals surface area contributed by atoms with Gasteiger partial charge in [-0.15, -0.1) is 11.3 Å². The van der Waals surface area contributed by atoms with Gasteiger partial charge in [0.1, 0.15) is 10.7 Å². The van der Waals surface area contributed by atoms with E-state index in [2.05, 4.69) is 15.1 Å².